The number of hydrogen-bond acceptors (Lipinski definition) is 3. The Kier molecular flexibility index (Phi) is 4.04. The molecule has 1 fully saturated rings. The molecule has 0 bridgehead atoms. The van der Waals surface area contributed by atoms with Crippen molar-refractivity contribution in [2.45, 2.75) is 44.4 Å². The molecule has 1 N–H and O–H groups in total. The number of aromatic carboxylic acids is 1. The number of hydrogen-bond donors (Lipinski definition) is 1. The largest absolute Gasteiger partial charge is 0.478 e. The molecule has 1 saturated carbocycles. The zero-order valence-electron chi connectivity index (χ0n) is 11.5. The van der Waals surface area contributed by atoms with Crippen molar-refractivity contribution in [2.75, 3.05) is 6.26 Å². The van der Waals surface area contributed by atoms with Gasteiger partial charge in [-0.1, -0.05) is 0 Å². The van der Waals surface area contributed by atoms with Gasteiger partial charge in [-0.25, -0.2) is 4.79 Å². The monoisotopic (exact) mass is 281 g/mol. The van der Waals surface area contributed by atoms with Crippen LogP contribution >= 0.6 is 11.8 Å². The molecular formula is C14H19NO3S. The van der Waals surface area contributed by atoms with Gasteiger partial charge in [0.25, 0.3) is 5.56 Å². The first-order valence-electron chi connectivity index (χ1n) is 6.44. The van der Waals surface area contributed by atoms with E-state index in [0.29, 0.717) is 16.5 Å². The van der Waals surface area contributed by atoms with E-state index in [1.165, 1.54) is 6.07 Å². The maximum atomic E-state index is 12.2. The Balaban J connectivity index is 2.49. The van der Waals surface area contributed by atoms with E-state index in [2.05, 4.69) is 6.26 Å². The second-order valence-electron chi connectivity index (χ2n) is 5.13. The van der Waals surface area contributed by atoms with Gasteiger partial charge in [-0.2, -0.15) is 11.8 Å². The van der Waals surface area contributed by atoms with Gasteiger partial charge in [0.1, 0.15) is 0 Å². The van der Waals surface area contributed by atoms with Crippen LogP contribution in [0.15, 0.2) is 10.9 Å². The van der Waals surface area contributed by atoms with Crippen molar-refractivity contribution in [1.82, 2.24) is 4.57 Å². The van der Waals surface area contributed by atoms with E-state index < -0.39 is 5.97 Å². The van der Waals surface area contributed by atoms with E-state index in [9.17, 15) is 14.7 Å². The number of carbonyl (C=O) groups is 1. The molecule has 2 atom stereocenters. The van der Waals surface area contributed by atoms with Gasteiger partial charge in [0.15, 0.2) is 0 Å². The first-order chi connectivity index (χ1) is 8.95. The predicted octanol–water partition coefficient (Wildman–Crippen LogP) is 2.62. The zero-order valence-corrected chi connectivity index (χ0v) is 12.3. The minimum Gasteiger partial charge on any atom is -0.478 e. The molecule has 2 unspecified atom stereocenters. The minimum absolute atomic E-state index is 0.0771. The standard InChI is InChI=1S/C14H19NO3S/c1-8-6-12(16)15(9(2)13(8)14(17)18)10-4-5-11(7-10)19-3/h6,10-11H,4-5,7H2,1-3H3,(H,17,18). The average molecular weight is 281 g/mol. The molecule has 0 aliphatic heterocycles. The van der Waals surface area contributed by atoms with E-state index in [1.807, 2.05) is 11.8 Å². The van der Waals surface area contributed by atoms with Gasteiger partial charge in [-0.15, -0.1) is 0 Å². The fourth-order valence-electron chi connectivity index (χ4n) is 3.04. The van der Waals surface area contributed by atoms with Crippen molar-refractivity contribution < 1.29 is 9.90 Å². The first-order valence-corrected chi connectivity index (χ1v) is 7.73. The number of carboxylic acids is 1. The quantitative estimate of drug-likeness (QED) is 0.925. The molecular weight excluding hydrogens is 262 g/mol. The molecule has 1 aliphatic carbocycles. The Morgan fingerprint density at radius 2 is 2.11 bits per heavy atom. The molecule has 104 valence electrons. The minimum atomic E-state index is -0.955. The normalized spacial score (nSPS) is 22.7. The summed E-state index contributed by atoms with van der Waals surface area (Å²) in [5.41, 5.74) is 1.33. The van der Waals surface area contributed by atoms with Crippen LogP contribution in [0.2, 0.25) is 0 Å². The van der Waals surface area contributed by atoms with Crippen molar-refractivity contribution in [3.63, 3.8) is 0 Å². The molecule has 4 nitrogen and oxygen atoms in total. The molecule has 1 aromatic rings. The Labute approximate surface area is 116 Å². The maximum Gasteiger partial charge on any atom is 0.337 e. The Hall–Kier alpha value is -1.23. The van der Waals surface area contributed by atoms with Gasteiger partial charge < -0.3 is 9.67 Å². The highest BCUT2D eigenvalue weighted by atomic mass is 32.2. The molecule has 0 aromatic carbocycles. The number of thioether (sulfide) groups is 1. The third kappa shape index (κ3) is 2.56. The van der Waals surface area contributed by atoms with Gasteiger partial charge in [0.2, 0.25) is 0 Å². The number of nitrogens with zero attached hydrogens (tertiary/aromatic N) is 1. The molecule has 2 rings (SSSR count). The fourth-order valence-corrected chi connectivity index (χ4v) is 3.83. The summed E-state index contributed by atoms with van der Waals surface area (Å²) in [6.45, 7) is 3.42. The SMILES string of the molecule is CSC1CCC(n2c(C)c(C(=O)O)c(C)cc2=O)C1. The molecule has 19 heavy (non-hydrogen) atoms. The molecule has 0 amide bonds. The fraction of sp³-hybridized carbons (Fsp3) is 0.571. The maximum absolute atomic E-state index is 12.2. The third-order valence-electron chi connectivity index (χ3n) is 3.96. The second-order valence-corrected chi connectivity index (χ2v) is 6.26. The van der Waals surface area contributed by atoms with Crippen LogP contribution in [-0.2, 0) is 0 Å². The van der Waals surface area contributed by atoms with Crippen LogP contribution < -0.4 is 5.56 Å². The van der Waals surface area contributed by atoms with Gasteiger partial charge >= 0.3 is 5.97 Å². The summed E-state index contributed by atoms with van der Waals surface area (Å²) in [5.74, 6) is -0.955. The van der Waals surface area contributed by atoms with Crippen LogP contribution in [0.4, 0.5) is 0 Å². The molecule has 1 heterocycles. The number of pyridine rings is 1. The van der Waals surface area contributed by atoms with Crippen LogP contribution in [-0.4, -0.2) is 27.1 Å². The van der Waals surface area contributed by atoms with E-state index >= 15 is 0 Å². The average Bonchev–Trinajstić information content (AvgIpc) is 2.76. The number of carboxylic acid groups (broad SMARTS) is 1. The highest BCUT2D eigenvalue weighted by molar-refractivity contribution is 7.99. The lowest BCUT2D eigenvalue weighted by molar-refractivity contribution is 0.0694. The van der Waals surface area contributed by atoms with E-state index in [0.717, 1.165) is 19.3 Å². The summed E-state index contributed by atoms with van der Waals surface area (Å²) in [6.07, 6.45) is 5.08. The highest BCUT2D eigenvalue weighted by Crippen LogP contribution is 2.36. The van der Waals surface area contributed by atoms with Crippen LogP contribution in [0, 0.1) is 13.8 Å². The molecule has 0 saturated heterocycles. The predicted molar refractivity (Wildman–Crippen MR) is 77.3 cm³/mol. The lowest BCUT2D eigenvalue weighted by Crippen LogP contribution is -2.28. The van der Waals surface area contributed by atoms with Gasteiger partial charge in [-0.05, 0) is 44.9 Å². The summed E-state index contributed by atoms with van der Waals surface area (Å²) >= 11 is 1.82. The highest BCUT2D eigenvalue weighted by Gasteiger charge is 2.28. The Morgan fingerprint density at radius 3 is 2.63 bits per heavy atom. The molecule has 0 radical (unpaired) electrons. The van der Waals surface area contributed by atoms with Crippen LogP contribution in [0.25, 0.3) is 0 Å². The summed E-state index contributed by atoms with van der Waals surface area (Å²) < 4.78 is 1.69. The topological polar surface area (TPSA) is 59.3 Å². The molecule has 1 aliphatic rings. The first kappa shape index (κ1) is 14.2. The van der Waals surface area contributed by atoms with E-state index in [4.69, 9.17) is 0 Å². The molecule has 5 heteroatoms. The number of rotatable bonds is 3. The van der Waals surface area contributed by atoms with Crippen molar-refractivity contribution in [3.05, 3.63) is 33.2 Å². The molecule has 1 aromatic heterocycles. The Bertz CT molecular complexity index is 565. The van der Waals surface area contributed by atoms with Crippen molar-refractivity contribution in [2.24, 2.45) is 0 Å². The van der Waals surface area contributed by atoms with Crippen molar-refractivity contribution >= 4 is 17.7 Å². The van der Waals surface area contributed by atoms with Crippen molar-refractivity contribution in [3.8, 4) is 0 Å². The van der Waals surface area contributed by atoms with Crippen LogP contribution in [0.3, 0.4) is 0 Å². The zero-order chi connectivity index (χ0) is 14.2. The van der Waals surface area contributed by atoms with Gasteiger partial charge in [0.05, 0.1) is 5.56 Å². The van der Waals surface area contributed by atoms with Crippen molar-refractivity contribution in [1.29, 1.82) is 0 Å². The van der Waals surface area contributed by atoms with E-state index in [-0.39, 0.29) is 17.2 Å². The second kappa shape index (κ2) is 5.41. The summed E-state index contributed by atoms with van der Waals surface area (Å²) in [6, 6.07) is 1.59. The smallest absolute Gasteiger partial charge is 0.337 e. The lowest BCUT2D eigenvalue weighted by atomic mass is 10.1. The lowest BCUT2D eigenvalue weighted by Gasteiger charge is -2.20. The summed E-state index contributed by atoms with van der Waals surface area (Å²) in [5, 5.41) is 9.86. The number of aromatic nitrogens is 1. The van der Waals surface area contributed by atoms with Crippen LogP contribution in [0.1, 0.15) is 46.9 Å². The summed E-state index contributed by atoms with van der Waals surface area (Å²) in [7, 11) is 0. The van der Waals surface area contributed by atoms with Gasteiger partial charge in [-0.3, -0.25) is 4.79 Å². The third-order valence-corrected chi connectivity index (χ3v) is 5.06. The Morgan fingerprint density at radius 1 is 1.42 bits per heavy atom. The summed E-state index contributed by atoms with van der Waals surface area (Å²) in [4.78, 5) is 23.5. The van der Waals surface area contributed by atoms with Crippen LogP contribution in [0.5, 0.6) is 0 Å². The van der Waals surface area contributed by atoms with Gasteiger partial charge in [0, 0.05) is 23.1 Å². The van der Waals surface area contributed by atoms with E-state index in [1.54, 1.807) is 18.4 Å². The number of aryl methyl sites for hydroxylation is 1. The molecule has 0 spiro atoms.